The van der Waals surface area contributed by atoms with Gasteiger partial charge in [0.15, 0.2) is 0 Å². The Hall–Kier alpha value is -1.53. The van der Waals surface area contributed by atoms with Crippen molar-refractivity contribution in [3.8, 4) is 6.07 Å². The van der Waals surface area contributed by atoms with Crippen LogP contribution in [-0.4, -0.2) is 5.91 Å². The average Bonchev–Trinajstić information content (AvgIpc) is 2.24. The molecule has 0 unspecified atom stereocenters. The molecule has 0 fully saturated rings. The van der Waals surface area contributed by atoms with Gasteiger partial charge in [0.05, 0.1) is 6.07 Å². The minimum Gasteiger partial charge on any atom is -0.324 e. The standard InChI is InChI=1S/C12H13ClN2O/c1-8-9(13)5-4-6-10(8)15-11(16)12(2,3)7-14/h4-6H,1-3H3,(H,15,16). The fraction of sp³-hybridized carbons (Fsp3) is 0.333. The Morgan fingerprint density at radius 3 is 2.69 bits per heavy atom. The first kappa shape index (κ1) is 12.5. The van der Waals surface area contributed by atoms with Gasteiger partial charge >= 0.3 is 0 Å². The van der Waals surface area contributed by atoms with Crippen LogP contribution >= 0.6 is 11.6 Å². The zero-order valence-electron chi connectivity index (χ0n) is 9.47. The van der Waals surface area contributed by atoms with Crippen LogP contribution in [0.15, 0.2) is 18.2 Å². The number of amides is 1. The number of anilines is 1. The Kier molecular flexibility index (Phi) is 3.56. The molecule has 1 aromatic rings. The van der Waals surface area contributed by atoms with Crippen LogP contribution in [0.1, 0.15) is 19.4 Å². The van der Waals surface area contributed by atoms with E-state index in [9.17, 15) is 4.79 Å². The van der Waals surface area contributed by atoms with Gasteiger partial charge in [0.2, 0.25) is 5.91 Å². The first-order chi connectivity index (χ1) is 7.38. The number of rotatable bonds is 2. The molecule has 84 valence electrons. The summed E-state index contributed by atoms with van der Waals surface area (Å²) in [6, 6.07) is 7.21. The number of halogens is 1. The van der Waals surface area contributed by atoms with Gasteiger partial charge in [-0.25, -0.2) is 0 Å². The second-order valence-electron chi connectivity index (χ2n) is 4.10. The van der Waals surface area contributed by atoms with Crippen molar-refractivity contribution in [3.05, 3.63) is 28.8 Å². The van der Waals surface area contributed by atoms with Crippen LogP contribution in [0.25, 0.3) is 0 Å². The van der Waals surface area contributed by atoms with E-state index in [0.717, 1.165) is 5.56 Å². The summed E-state index contributed by atoms with van der Waals surface area (Å²) in [6.07, 6.45) is 0. The summed E-state index contributed by atoms with van der Waals surface area (Å²) in [5.41, 5.74) is 0.390. The lowest BCUT2D eigenvalue weighted by molar-refractivity contribution is -0.121. The number of hydrogen-bond donors (Lipinski definition) is 1. The van der Waals surface area contributed by atoms with Crippen molar-refractivity contribution in [1.29, 1.82) is 5.26 Å². The van der Waals surface area contributed by atoms with E-state index in [1.54, 1.807) is 32.0 Å². The third kappa shape index (κ3) is 2.53. The smallest absolute Gasteiger partial charge is 0.244 e. The summed E-state index contributed by atoms with van der Waals surface area (Å²) in [4.78, 5) is 11.8. The van der Waals surface area contributed by atoms with Gasteiger partial charge in [-0.2, -0.15) is 5.26 Å². The first-order valence-corrected chi connectivity index (χ1v) is 5.24. The van der Waals surface area contributed by atoms with Crippen molar-refractivity contribution in [1.82, 2.24) is 0 Å². The molecule has 0 atom stereocenters. The van der Waals surface area contributed by atoms with Crippen LogP contribution in [0, 0.1) is 23.7 Å². The van der Waals surface area contributed by atoms with E-state index in [2.05, 4.69) is 5.32 Å². The van der Waals surface area contributed by atoms with Gasteiger partial charge in [-0.3, -0.25) is 4.79 Å². The van der Waals surface area contributed by atoms with Crippen molar-refractivity contribution >= 4 is 23.2 Å². The second kappa shape index (κ2) is 4.54. The third-order valence-electron chi connectivity index (χ3n) is 2.36. The Balaban J connectivity index is 2.95. The third-order valence-corrected chi connectivity index (χ3v) is 2.77. The number of hydrogen-bond acceptors (Lipinski definition) is 2. The molecular formula is C12H13ClN2O. The molecule has 0 aliphatic rings. The average molecular weight is 237 g/mol. The summed E-state index contributed by atoms with van der Waals surface area (Å²) >= 11 is 5.93. The molecule has 0 aliphatic heterocycles. The van der Waals surface area contributed by atoms with Crippen molar-refractivity contribution in [3.63, 3.8) is 0 Å². The minimum absolute atomic E-state index is 0.333. The molecule has 1 N–H and O–H groups in total. The van der Waals surface area contributed by atoms with Crippen LogP contribution in [-0.2, 0) is 4.79 Å². The molecular weight excluding hydrogens is 224 g/mol. The van der Waals surface area contributed by atoms with Gasteiger partial charge in [-0.1, -0.05) is 17.7 Å². The lowest BCUT2D eigenvalue weighted by Gasteiger charge is -2.16. The number of nitrogens with one attached hydrogen (secondary N) is 1. The number of nitriles is 1. The van der Waals surface area contributed by atoms with Crippen LogP contribution in [0.2, 0.25) is 5.02 Å². The lowest BCUT2D eigenvalue weighted by atomic mass is 9.94. The molecule has 4 heteroatoms. The Morgan fingerprint density at radius 2 is 2.12 bits per heavy atom. The maximum atomic E-state index is 11.8. The highest BCUT2D eigenvalue weighted by atomic mass is 35.5. The van der Waals surface area contributed by atoms with E-state index < -0.39 is 5.41 Å². The maximum absolute atomic E-state index is 11.8. The second-order valence-corrected chi connectivity index (χ2v) is 4.51. The predicted molar refractivity (Wildman–Crippen MR) is 64.2 cm³/mol. The van der Waals surface area contributed by atoms with E-state index in [1.807, 2.05) is 13.0 Å². The van der Waals surface area contributed by atoms with Crippen molar-refractivity contribution < 1.29 is 4.79 Å². The maximum Gasteiger partial charge on any atom is 0.244 e. The van der Waals surface area contributed by atoms with Crippen molar-refractivity contribution in [2.75, 3.05) is 5.32 Å². The molecule has 16 heavy (non-hydrogen) atoms. The van der Waals surface area contributed by atoms with E-state index in [1.165, 1.54) is 0 Å². The summed E-state index contributed by atoms with van der Waals surface area (Å²) < 4.78 is 0. The summed E-state index contributed by atoms with van der Waals surface area (Å²) in [5.74, 6) is -0.333. The molecule has 0 aromatic heterocycles. The Bertz CT molecular complexity index is 461. The molecule has 1 amide bonds. The van der Waals surface area contributed by atoms with Crippen molar-refractivity contribution in [2.45, 2.75) is 20.8 Å². The quantitative estimate of drug-likeness (QED) is 0.858. The Morgan fingerprint density at radius 1 is 1.50 bits per heavy atom. The van der Waals surface area contributed by atoms with Gasteiger partial charge in [-0.05, 0) is 38.5 Å². The molecule has 0 aliphatic carbocycles. The number of carbonyl (C=O) groups is 1. The highest BCUT2D eigenvalue weighted by molar-refractivity contribution is 6.31. The van der Waals surface area contributed by atoms with Gasteiger partial charge in [0, 0.05) is 10.7 Å². The van der Waals surface area contributed by atoms with Crippen LogP contribution in [0.4, 0.5) is 5.69 Å². The van der Waals surface area contributed by atoms with Crippen LogP contribution in [0.3, 0.4) is 0 Å². The van der Waals surface area contributed by atoms with E-state index >= 15 is 0 Å². The fourth-order valence-corrected chi connectivity index (χ4v) is 1.25. The molecule has 0 radical (unpaired) electrons. The largest absolute Gasteiger partial charge is 0.324 e. The lowest BCUT2D eigenvalue weighted by Crippen LogP contribution is -2.29. The predicted octanol–water partition coefficient (Wildman–Crippen LogP) is 3.14. The van der Waals surface area contributed by atoms with Gasteiger partial charge in [0.25, 0.3) is 0 Å². The number of benzene rings is 1. The van der Waals surface area contributed by atoms with E-state index in [-0.39, 0.29) is 5.91 Å². The summed E-state index contributed by atoms with van der Waals surface area (Å²) in [6.45, 7) is 4.96. The zero-order valence-corrected chi connectivity index (χ0v) is 10.2. The van der Waals surface area contributed by atoms with E-state index in [4.69, 9.17) is 16.9 Å². The van der Waals surface area contributed by atoms with Crippen LogP contribution in [0.5, 0.6) is 0 Å². The molecule has 1 rings (SSSR count). The monoisotopic (exact) mass is 236 g/mol. The number of nitrogens with zero attached hydrogens (tertiary/aromatic N) is 1. The topological polar surface area (TPSA) is 52.9 Å². The van der Waals surface area contributed by atoms with Gasteiger partial charge in [-0.15, -0.1) is 0 Å². The molecule has 0 saturated heterocycles. The highest BCUT2D eigenvalue weighted by Crippen LogP contribution is 2.25. The molecule has 0 bridgehead atoms. The van der Waals surface area contributed by atoms with Crippen LogP contribution < -0.4 is 5.32 Å². The highest BCUT2D eigenvalue weighted by Gasteiger charge is 2.27. The normalized spacial score (nSPS) is 10.7. The first-order valence-electron chi connectivity index (χ1n) is 4.86. The Labute approximate surface area is 100 Å². The molecule has 1 aromatic carbocycles. The molecule has 3 nitrogen and oxygen atoms in total. The molecule has 0 spiro atoms. The fourth-order valence-electron chi connectivity index (χ4n) is 1.07. The minimum atomic E-state index is -1.05. The molecule has 0 heterocycles. The number of carbonyl (C=O) groups excluding carboxylic acids is 1. The summed E-state index contributed by atoms with van der Waals surface area (Å²) in [5, 5.41) is 12.1. The van der Waals surface area contributed by atoms with E-state index in [0.29, 0.717) is 10.7 Å². The SMILES string of the molecule is Cc1c(Cl)cccc1NC(=O)C(C)(C)C#N. The molecule has 0 saturated carbocycles. The zero-order chi connectivity index (χ0) is 12.3. The van der Waals surface area contributed by atoms with Gasteiger partial charge in [0.1, 0.15) is 5.41 Å². The van der Waals surface area contributed by atoms with Crippen molar-refractivity contribution in [2.24, 2.45) is 5.41 Å². The van der Waals surface area contributed by atoms with Gasteiger partial charge < -0.3 is 5.32 Å². The summed E-state index contributed by atoms with van der Waals surface area (Å²) in [7, 11) is 0.